The van der Waals surface area contributed by atoms with Crippen LogP contribution in [0.15, 0.2) is 54.7 Å². The third-order valence-electron chi connectivity index (χ3n) is 5.98. The van der Waals surface area contributed by atoms with E-state index >= 15 is 0 Å². The van der Waals surface area contributed by atoms with Gasteiger partial charge in [0.2, 0.25) is 11.9 Å². The van der Waals surface area contributed by atoms with Crippen LogP contribution >= 0.6 is 11.6 Å². The maximum atomic E-state index is 13.3. The molecule has 0 spiro atoms. The number of nitrogens with one attached hydrogen (secondary N) is 2. The van der Waals surface area contributed by atoms with E-state index in [-0.39, 0.29) is 24.6 Å². The highest BCUT2D eigenvalue weighted by Gasteiger charge is 2.27. The minimum Gasteiger partial charge on any atom is -0.497 e. The summed E-state index contributed by atoms with van der Waals surface area (Å²) in [6.45, 7) is 6.55. The van der Waals surface area contributed by atoms with Gasteiger partial charge in [-0.2, -0.15) is 0 Å². The quantitative estimate of drug-likeness (QED) is 0.413. The molecule has 1 aliphatic heterocycles. The van der Waals surface area contributed by atoms with Gasteiger partial charge < -0.3 is 19.7 Å². The number of carbonyl (C=O) groups excluding carboxylic acids is 2. The van der Waals surface area contributed by atoms with E-state index < -0.39 is 5.54 Å². The van der Waals surface area contributed by atoms with Gasteiger partial charge in [-0.15, -0.1) is 0 Å². The van der Waals surface area contributed by atoms with E-state index in [1.54, 1.807) is 23.8 Å². The van der Waals surface area contributed by atoms with Crippen molar-refractivity contribution in [1.29, 1.82) is 0 Å². The number of imidazole rings is 1. The molecule has 3 amide bonds. The average molecular weight is 540 g/mol. The second kappa shape index (κ2) is 11.9. The van der Waals surface area contributed by atoms with Crippen molar-refractivity contribution in [2.24, 2.45) is 0 Å². The van der Waals surface area contributed by atoms with Crippen molar-refractivity contribution in [2.45, 2.75) is 45.3 Å². The van der Waals surface area contributed by atoms with Gasteiger partial charge in [0.05, 0.1) is 24.6 Å². The van der Waals surface area contributed by atoms with Gasteiger partial charge in [-0.3, -0.25) is 14.7 Å². The maximum absolute atomic E-state index is 13.3. The highest BCUT2D eigenvalue weighted by Crippen LogP contribution is 2.27. The third kappa shape index (κ3) is 7.26. The lowest BCUT2D eigenvalue weighted by Gasteiger charge is -2.29. The van der Waals surface area contributed by atoms with Crippen LogP contribution in [-0.4, -0.2) is 64.8 Å². The third-order valence-corrected chi connectivity index (χ3v) is 6.23. The summed E-state index contributed by atoms with van der Waals surface area (Å²) in [5.74, 6) is 0.620. The number of amides is 3. The lowest BCUT2D eigenvalue weighted by molar-refractivity contribution is -0.117. The van der Waals surface area contributed by atoms with E-state index in [4.69, 9.17) is 26.1 Å². The summed E-state index contributed by atoms with van der Waals surface area (Å²) in [6.07, 6.45) is 3.54. The van der Waals surface area contributed by atoms with Gasteiger partial charge in [0, 0.05) is 41.5 Å². The van der Waals surface area contributed by atoms with Crippen LogP contribution in [0.4, 0.5) is 10.7 Å². The maximum Gasteiger partial charge on any atom is 0.318 e. The molecular weight excluding hydrogens is 506 g/mol. The number of urea groups is 1. The van der Waals surface area contributed by atoms with E-state index in [1.165, 1.54) is 4.90 Å². The summed E-state index contributed by atoms with van der Waals surface area (Å²) in [7, 11) is 1.60. The number of nitrogens with zero attached hydrogens (tertiary/aromatic N) is 3. The SMILES string of the molecule is COc1cccc(-n2cc(-c3ccc(Cl)cc3)nc2NC(=O)CN(CC2CCCO2)C(=O)NC(C)(C)C)c1. The van der Waals surface area contributed by atoms with Crippen molar-refractivity contribution in [2.75, 3.05) is 32.1 Å². The Morgan fingerprint density at radius 1 is 1.21 bits per heavy atom. The zero-order valence-corrected chi connectivity index (χ0v) is 22.9. The molecule has 1 saturated heterocycles. The van der Waals surface area contributed by atoms with Gasteiger partial charge in [-0.05, 0) is 57.9 Å². The van der Waals surface area contributed by atoms with Crippen molar-refractivity contribution in [3.8, 4) is 22.7 Å². The molecular formula is C28H34ClN5O4. The van der Waals surface area contributed by atoms with E-state index in [0.29, 0.717) is 35.6 Å². The summed E-state index contributed by atoms with van der Waals surface area (Å²) in [5, 5.41) is 6.47. The van der Waals surface area contributed by atoms with Crippen LogP contribution < -0.4 is 15.4 Å². The molecule has 9 nitrogen and oxygen atoms in total. The van der Waals surface area contributed by atoms with Crippen molar-refractivity contribution < 1.29 is 19.1 Å². The Kier molecular flexibility index (Phi) is 8.58. The molecule has 1 fully saturated rings. The Bertz CT molecular complexity index is 1260. The first-order valence-corrected chi connectivity index (χ1v) is 13.0. The number of ether oxygens (including phenoxy) is 2. The molecule has 1 unspecified atom stereocenters. The summed E-state index contributed by atoms with van der Waals surface area (Å²) in [4.78, 5) is 32.5. The number of hydrogen-bond donors (Lipinski definition) is 2. The molecule has 0 bridgehead atoms. The number of methoxy groups -OCH3 is 1. The molecule has 0 aliphatic carbocycles. The smallest absolute Gasteiger partial charge is 0.318 e. The predicted octanol–water partition coefficient (Wildman–Crippen LogP) is 5.13. The topological polar surface area (TPSA) is 97.7 Å². The fourth-order valence-electron chi connectivity index (χ4n) is 4.18. The number of carbonyl (C=O) groups is 2. The fourth-order valence-corrected chi connectivity index (χ4v) is 4.30. The molecule has 0 saturated carbocycles. The Morgan fingerprint density at radius 2 is 1.97 bits per heavy atom. The summed E-state index contributed by atoms with van der Waals surface area (Å²) >= 11 is 6.07. The van der Waals surface area contributed by atoms with E-state index in [9.17, 15) is 9.59 Å². The highest BCUT2D eigenvalue weighted by molar-refractivity contribution is 6.30. The Balaban J connectivity index is 1.60. The van der Waals surface area contributed by atoms with Crippen molar-refractivity contribution >= 4 is 29.5 Å². The standard InChI is InChI=1S/C28H34ClN5O4/c1-28(2,3)32-27(36)33(16-23-9-6-14-38-23)18-25(35)31-26-30-24(19-10-12-20(29)13-11-19)17-34(26)21-7-5-8-22(15-21)37-4/h5,7-8,10-13,15,17,23H,6,9,14,16,18H2,1-4H3,(H,32,36)(H,30,31,35). The molecule has 1 atom stereocenters. The van der Waals surface area contributed by atoms with E-state index in [2.05, 4.69) is 10.6 Å². The summed E-state index contributed by atoms with van der Waals surface area (Å²) in [6, 6.07) is 14.4. The molecule has 2 aromatic carbocycles. The largest absolute Gasteiger partial charge is 0.497 e. The lowest BCUT2D eigenvalue weighted by Crippen LogP contribution is -2.52. The van der Waals surface area contributed by atoms with Crippen molar-refractivity contribution in [1.82, 2.24) is 19.8 Å². The van der Waals surface area contributed by atoms with Crippen LogP contribution in [0.5, 0.6) is 5.75 Å². The van der Waals surface area contributed by atoms with E-state index in [0.717, 1.165) is 24.1 Å². The number of halogens is 1. The Morgan fingerprint density at radius 3 is 2.63 bits per heavy atom. The van der Waals surface area contributed by atoms with Crippen LogP contribution in [-0.2, 0) is 9.53 Å². The lowest BCUT2D eigenvalue weighted by atomic mass is 10.1. The first kappa shape index (κ1) is 27.5. The van der Waals surface area contributed by atoms with Gasteiger partial charge in [0.15, 0.2) is 0 Å². The van der Waals surface area contributed by atoms with Crippen LogP contribution in [0.3, 0.4) is 0 Å². The molecule has 1 aliphatic rings. The first-order valence-electron chi connectivity index (χ1n) is 12.6. The van der Waals surface area contributed by atoms with Crippen LogP contribution in [0.25, 0.3) is 16.9 Å². The number of anilines is 1. The predicted molar refractivity (Wildman–Crippen MR) is 148 cm³/mol. The Labute approximate surface area is 228 Å². The van der Waals surface area contributed by atoms with Crippen LogP contribution in [0, 0.1) is 0 Å². The molecule has 1 aromatic heterocycles. The molecule has 3 aromatic rings. The van der Waals surface area contributed by atoms with E-state index in [1.807, 2.05) is 63.4 Å². The highest BCUT2D eigenvalue weighted by atomic mass is 35.5. The normalized spacial score (nSPS) is 15.2. The first-order chi connectivity index (χ1) is 18.1. The second-order valence-corrected chi connectivity index (χ2v) is 10.7. The Hall–Kier alpha value is -3.56. The second-order valence-electron chi connectivity index (χ2n) is 10.3. The average Bonchev–Trinajstić information content (AvgIpc) is 3.53. The van der Waals surface area contributed by atoms with Crippen LogP contribution in [0.1, 0.15) is 33.6 Å². The van der Waals surface area contributed by atoms with Crippen LogP contribution in [0.2, 0.25) is 5.02 Å². The molecule has 202 valence electrons. The van der Waals surface area contributed by atoms with Crippen molar-refractivity contribution in [3.05, 3.63) is 59.8 Å². The van der Waals surface area contributed by atoms with Gasteiger partial charge >= 0.3 is 6.03 Å². The molecule has 38 heavy (non-hydrogen) atoms. The number of benzene rings is 2. The molecule has 2 N–H and O–H groups in total. The summed E-state index contributed by atoms with van der Waals surface area (Å²) < 4.78 is 12.9. The zero-order valence-electron chi connectivity index (χ0n) is 22.2. The zero-order chi connectivity index (χ0) is 27.3. The van der Waals surface area contributed by atoms with Gasteiger partial charge in [0.1, 0.15) is 12.3 Å². The number of hydrogen-bond acceptors (Lipinski definition) is 5. The minimum absolute atomic E-state index is 0.0937. The number of rotatable bonds is 8. The molecule has 0 radical (unpaired) electrons. The summed E-state index contributed by atoms with van der Waals surface area (Å²) in [5.41, 5.74) is 1.81. The molecule has 4 rings (SSSR count). The molecule has 10 heteroatoms. The van der Waals surface area contributed by atoms with Gasteiger partial charge in [-0.25, -0.2) is 9.78 Å². The van der Waals surface area contributed by atoms with Gasteiger partial charge in [-0.1, -0.05) is 29.8 Å². The fraction of sp³-hybridized carbons (Fsp3) is 0.393. The molecule has 2 heterocycles. The minimum atomic E-state index is -0.446. The van der Waals surface area contributed by atoms with Crippen molar-refractivity contribution in [3.63, 3.8) is 0 Å². The monoisotopic (exact) mass is 539 g/mol. The van der Waals surface area contributed by atoms with Gasteiger partial charge in [0.25, 0.3) is 0 Å². The number of aromatic nitrogens is 2.